The highest BCUT2D eigenvalue weighted by atomic mass is 79.9. The first-order valence-electron chi connectivity index (χ1n) is 6.20. The van der Waals surface area contributed by atoms with Crippen molar-refractivity contribution in [3.63, 3.8) is 0 Å². The van der Waals surface area contributed by atoms with Crippen LogP contribution in [0, 0.1) is 0 Å². The van der Waals surface area contributed by atoms with E-state index >= 15 is 0 Å². The summed E-state index contributed by atoms with van der Waals surface area (Å²) in [5.74, 6) is -0.535. The van der Waals surface area contributed by atoms with Crippen LogP contribution < -0.4 is 0 Å². The molecule has 2 aliphatic heterocycles. The van der Waals surface area contributed by atoms with Gasteiger partial charge in [0.05, 0.1) is 12.3 Å². The molecule has 0 N–H and O–H groups in total. The number of ether oxygens (including phenoxy) is 2. The summed E-state index contributed by atoms with van der Waals surface area (Å²) in [6, 6.07) is 3.86. The molecular formula is C13H15BrN2O3. The standard InChI is InChI=1S/C13H15BrN2O3/c1-13(2)17-7-12(18-13)11-5-10(16-19-11)9-4-3-8(14)6-15-9/h3-4,6,11-12H,5,7H2,1-2H3/t11-,12-/m1/s1. The van der Waals surface area contributed by atoms with Gasteiger partial charge in [0.15, 0.2) is 11.9 Å². The number of hydrogen-bond acceptors (Lipinski definition) is 5. The lowest BCUT2D eigenvalue weighted by molar-refractivity contribution is -0.153. The Bertz CT molecular complexity index is 501. The summed E-state index contributed by atoms with van der Waals surface area (Å²) >= 11 is 3.36. The largest absolute Gasteiger partial charge is 0.389 e. The Labute approximate surface area is 120 Å². The van der Waals surface area contributed by atoms with Crippen molar-refractivity contribution < 1.29 is 14.3 Å². The molecule has 0 radical (unpaired) electrons. The number of nitrogens with zero attached hydrogens (tertiary/aromatic N) is 2. The van der Waals surface area contributed by atoms with E-state index in [1.807, 2.05) is 26.0 Å². The molecule has 3 heterocycles. The molecule has 3 rings (SSSR count). The molecule has 0 spiro atoms. The van der Waals surface area contributed by atoms with E-state index in [9.17, 15) is 0 Å². The van der Waals surface area contributed by atoms with Crippen LogP contribution in [0.4, 0.5) is 0 Å². The van der Waals surface area contributed by atoms with Crippen LogP contribution in [-0.2, 0) is 14.3 Å². The van der Waals surface area contributed by atoms with Crippen LogP contribution in [-0.4, -0.2) is 35.3 Å². The molecule has 2 atom stereocenters. The van der Waals surface area contributed by atoms with Gasteiger partial charge in [-0.15, -0.1) is 0 Å². The Hall–Kier alpha value is -0.980. The Morgan fingerprint density at radius 1 is 1.32 bits per heavy atom. The maximum absolute atomic E-state index is 5.79. The van der Waals surface area contributed by atoms with Crippen LogP contribution in [0.1, 0.15) is 26.0 Å². The summed E-state index contributed by atoms with van der Waals surface area (Å²) in [6.45, 7) is 4.34. The fourth-order valence-corrected chi connectivity index (χ4v) is 2.43. The van der Waals surface area contributed by atoms with Crippen LogP contribution in [0.25, 0.3) is 0 Å². The molecule has 6 heteroatoms. The monoisotopic (exact) mass is 326 g/mol. The van der Waals surface area contributed by atoms with Crippen molar-refractivity contribution in [3.8, 4) is 0 Å². The van der Waals surface area contributed by atoms with E-state index in [1.165, 1.54) is 0 Å². The summed E-state index contributed by atoms with van der Waals surface area (Å²) in [6.07, 6.45) is 2.27. The average Bonchev–Trinajstić information content (AvgIpc) is 2.96. The summed E-state index contributed by atoms with van der Waals surface area (Å²) < 4.78 is 12.3. The molecule has 0 bridgehead atoms. The first-order chi connectivity index (χ1) is 9.03. The van der Waals surface area contributed by atoms with Crippen molar-refractivity contribution in [1.82, 2.24) is 4.98 Å². The predicted molar refractivity (Wildman–Crippen MR) is 72.9 cm³/mol. The highest BCUT2D eigenvalue weighted by Crippen LogP contribution is 2.29. The first kappa shape index (κ1) is 13.0. The molecule has 1 saturated heterocycles. The number of rotatable bonds is 2. The number of pyridine rings is 1. The van der Waals surface area contributed by atoms with Crippen molar-refractivity contribution in [2.45, 2.75) is 38.3 Å². The van der Waals surface area contributed by atoms with Gasteiger partial charge in [0.25, 0.3) is 0 Å². The predicted octanol–water partition coefficient (Wildman–Crippen LogP) is 2.49. The van der Waals surface area contributed by atoms with Crippen molar-refractivity contribution in [2.75, 3.05) is 6.61 Å². The minimum atomic E-state index is -0.535. The third-order valence-corrected chi connectivity index (χ3v) is 3.63. The van der Waals surface area contributed by atoms with E-state index in [-0.39, 0.29) is 12.2 Å². The van der Waals surface area contributed by atoms with Crippen molar-refractivity contribution >= 4 is 21.6 Å². The highest BCUT2D eigenvalue weighted by molar-refractivity contribution is 9.10. The summed E-state index contributed by atoms with van der Waals surface area (Å²) in [4.78, 5) is 9.78. The van der Waals surface area contributed by atoms with E-state index in [4.69, 9.17) is 14.3 Å². The average molecular weight is 327 g/mol. The molecule has 1 fully saturated rings. The van der Waals surface area contributed by atoms with Crippen LogP contribution in [0.15, 0.2) is 28.0 Å². The smallest absolute Gasteiger partial charge is 0.163 e. The van der Waals surface area contributed by atoms with E-state index in [1.54, 1.807) is 6.20 Å². The molecule has 0 aromatic carbocycles. The van der Waals surface area contributed by atoms with Gasteiger partial charge in [-0.1, -0.05) is 5.16 Å². The van der Waals surface area contributed by atoms with E-state index < -0.39 is 5.79 Å². The van der Waals surface area contributed by atoms with Gasteiger partial charge in [-0.25, -0.2) is 0 Å². The lowest BCUT2D eigenvalue weighted by Crippen LogP contribution is -2.31. The fourth-order valence-electron chi connectivity index (χ4n) is 2.19. The van der Waals surface area contributed by atoms with Crippen LogP contribution in [0.3, 0.4) is 0 Å². The SMILES string of the molecule is CC1(C)OC[C@H]([C@H]2CC(c3ccc(Br)cn3)=NO2)O1. The van der Waals surface area contributed by atoms with Gasteiger partial charge in [0.1, 0.15) is 11.8 Å². The molecule has 0 unspecified atom stereocenters. The second-order valence-corrected chi connectivity index (χ2v) is 6.03. The first-order valence-corrected chi connectivity index (χ1v) is 6.99. The molecule has 19 heavy (non-hydrogen) atoms. The van der Waals surface area contributed by atoms with E-state index in [0.717, 1.165) is 15.9 Å². The van der Waals surface area contributed by atoms with E-state index in [2.05, 4.69) is 26.1 Å². The summed E-state index contributed by atoms with van der Waals surface area (Å²) in [5.41, 5.74) is 1.69. The zero-order valence-electron chi connectivity index (χ0n) is 10.8. The number of halogens is 1. The van der Waals surface area contributed by atoms with Gasteiger partial charge >= 0.3 is 0 Å². The number of hydrogen-bond donors (Lipinski definition) is 0. The molecule has 0 aliphatic carbocycles. The zero-order valence-corrected chi connectivity index (χ0v) is 12.4. The summed E-state index contributed by atoms with van der Waals surface area (Å²) in [7, 11) is 0. The van der Waals surface area contributed by atoms with Gasteiger partial charge in [-0.05, 0) is 41.9 Å². The Balaban J connectivity index is 1.65. The fraction of sp³-hybridized carbons (Fsp3) is 0.538. The molecule has 1 aromatic rings. The molecule has 1 aromatic heterocycles. The van der Waals surface area contributed by atoms with Crippen LogP contribution in [0.2, 0.25) is 0 Å². The molecule has 0 saturated carbocycles. The van der Waals surface area contributed by atoms with E-state index in [0.29, 0.717) is 13.0 Å². The normalized spacial score (nSPS) is 29.1. The second kappa shape index (κ2) is 4.85. The quantitative estimate of drug-likeness (QED) is 0.837. The lowest BCUT2D eigenvalue weighted by Gasteiger charge is -2.19. The molecule has 0 amide bonds. The van der Waals surface area contributed by atoms with Crippen molar-refractivity contribution in [1.29, 1.82) is 0 Å². The Morgan fingerprint density at radius 2 is 2.16 bits per heavy atom. The zero-order chi connectivity index (χ0) is 13.5. The van der Waals surface area contributed by atoms with Gasteiger partial charge in [-0.2, -0.15) is 0 Å². The van der Waals surface area contributed by atoms with Gasteiger partial charge in [-0.3, -0.25) is 4.98 Å². The summed E-state index contributed by atoms with van der Waals surface area (Å²) in [5, 5.41) is 4.11. The molecule has 5 nitrogen and oxygen atoms in total. The van der Waals surface area contributed by atoms with Gasteiger partial charge in [0.2, 0.25) is 0 Å². The van der Waals surface area contributed by atoms with Crippen molar-refractivity contribution in [2.24, 2.45) is 5.16 Å². The maximum Gasteiger partial charge on any atom is 0.163 e. The van der Waals surface area contributed by atoms with Crippen molar-refractivity contribution in [3.05, 3.63) is 28.5 Å². The minimum Gasteiger partial charge on any atom is -0.389 e. The highest BCUT2D eigenvalue weighted by Gasteiger charge is 2.41. The lowest BCUT2D eigenvalue weighted by atomic mass is 10.1. The number of oxime groups is 1. The van der Waals surface area contributed by atoms with Crippen LogP contribution >= 0.6 is 15.9 Å². The number of aromatic nitrogens is 1. The molecule has 2 aliphatic rings. The third-order valence-electron chi connectivity index (χ3n) is 3.16. The second-order valence-electron chi connectivity index (χ2n) is 5.11. The van der Waals surface area contributed by atoms with Crippen LogP contribution in [0.5, 0.6) is 0 Å². The Kier molecular flexibility index (Phi) is 3.32. The molecule has 102 valence electrons. The maximum atomic E-state index is 5.79. The minimum absolute atomic E-state index is 0.0771. The topological polar surface area (TPSA) is 52.9 Å². The third kappa shape index (κ3) is 2.80. The van der Waals surface area contributed by atoms with Gasteiger partial charge < -0.3 is 14.3 Å². The Morgan fingerprint density at radius 3 is 2.79 bits per heavy atom. The van der Waals surface area contributed by atoms with Gasteiger partial charge in [0, 0.05) is 17.1 Å². The molecular weight excluding hydrogens is 312 g/mol.